The number of carbonyl (C=O) groups excluding carboxylic acids is 2. The Kier molecular flexibility index (Phi) is 6.21. The Labute approximate surface area is 185 Å². The number of para-hydroxylation sites is 1. The maximum absolute atomic E-state index is 12.7. The molecular formula is C24H24N4O4. The maximum atomic E-state index is 12.7. The molecule has 3 aromatic rings. The van der Waals surface area contributed by atoms with E-state index in [-0.39, 0.29) is 17.6 Å². The summed E-state index contributed by atoms with van der Waals surface area (Å²) in [6.45, 7) is 1.82. The standard InChI is InChI=1S/C24H24N4O4/c1-15-21-19(26-27-23(29)16-8-6-11-18(14-16)31-2)12-7-13-20(21)32-22(15)24(30)28-25-17-9-4-3-5-10-17/h3-6,8-11,14,25H,7,12-13H2,1-2H3,(H,27,29)(H,28,30)/b26-19+. The Morgan fingerprint density at radius 1 is 1.03 bits per heavy atom. The Bertz CT molecular complexity index is 1170. The zero-order chi connectivity index (χ0) is 22.5. The zero-order valence-electron chi connectivity index (χ0n) is 17.9. The number of hydrazone groups is 1. The number of ether oxygens (including phenoxy) is 1. The Balaban J connectivity index is 1.51. The molecule has 1 aliphatic carbocycles. The molecule has 0 spiro atoms. The van der Waals surface area contributed by atoms with Crippen LogP contribution in [0.15, 0.2) is 64.1 Å². The smallest absolute Gasteiger partial charge is 0.305 e. The highest BCUT2D eigenvalue weighted by atomic mass is 16.5. The number of furan rings is 1. The largest absolute Gasteiger partial charge is 0.497 e. The molecule has 164 valence electrons. The van der Waals surface area contributed by atoms with E-state index in [4.69, 9.17) is 9.15 Å². The molecule has 0 atom stereocenters. The molecule has 8 nitrogen and oxygen atoms in total. The van der Waals surface area contributed by atoms with Gasteiger partial charge in [0, 0.05) is 23.1 Å². The van der Waals surface area contributed by atoms with Crippen LogP contribution in [0.1, 0.15) is 50.6 Å². The van der Waals surface area contributed by atoms with E-state index in [0.717, 1.165) is 17.7 Å². The molecule has 0 aliphatic heterocycles. The highest BCUT2D eigenvalue weighted by Gasteiger charge is 2.28. The number of hydrogen-bond donors (Lipinski definition) is 3. The highest BCUT2D eigenvalue weighted by Crippen LogP contribution is 2.30. The van der Waals surface area contributed by atoms with Crippen LogP contribution < -0.4 is 21.0 Å². The third kappa shape index (κ3) is 4.49. The third-order valence-corrected chi connectivity index (χ3v) is 5.25. The molecule has 0 unspecified atom stereocenters. The number of carbonyl (C=O) groups is 2. The van der Waals surface area contributed by atoms with Crippen molar-refractivity contribution in [2.24, 2.45) is 5.10 Å². The maximum Gasteiger partial charge on any atom is 0.305 e. The zero-order valence-corrected chi connectivity index (χ0v) is 17.9. The van der Waals surface area contributed by atoms with Crippen molar-refractivity contribution >= 4 is 23.2 Å². The van der Waals surface area contributed by atoms with Crippen LogP contribution in [0.5, 0.6) is 5.75 Å². The fourth-order valence-corrected chi connectivity index (χ4v) is 3.65. The first-order chi connectivity index (χ1) is 15.6. The number of anilines is 1. The summed E-state index contributed by atoms with van der Waals surface area (Å²) in [7, 11) is 1.55. The molecule has 4 rings (SSSR count). The molecule has 0 radical (unpaired) electrons. The van der Waals surface area contributed by atoms with Crippen molar-refractivity contribution in [3.8, 4) is 5.75 Å². The van der Waals surface area contributed by atoms with E-state index >= 15 is 0 Å². The first-order valence-electron chi connectivity index (χ1n) is 10.3. The van der Waals surface area contributed by atoms with E-state index in [1.54, 1.807) is 31.4 Å². The molecule has 1 heterocycles. The van der Waals surface area contributed by atoms with Crippen LogP contribution in [-0.4, -0.2) is 24.6 Å². The lowest BCUT2D eigenvalue weighted by molar-refractivity contribution is 0.0930. The lowest BCUT2D eigenvalue weighted by atomic mass is 9.93. The van der Waals surface area contributed by atoms with Gasteiger partial charge in [0.1, 0.15) is 11.5 Å². The molecular weight excluding hydrogens is 408 g/mol. The number of methoxy groups -OCH3 is 1. The van der Waals surface area contributed by atoms with Crippen LogP contribution in [0.2, 0.25) is 0 Å². The van der Waals surface area contributed by atoms with Crippen molar-refractivity contribution < 1.29 is 18.7 Å². The minimum absolute atomic E-state index is 0.229. The minimum Gasteiger partial charge on any atom is -0.497 e. The number of nitrogens with zero attached hydrogens (tertiary/aromatic N) is 1. The number of nitrogens with one attached hydrogen (secondary N) is 3. The van der Waals surface area contributed by atoms with E-state index in [2.05, 4.69) is 21.4 Å². The van der Waals surface area contributed by atoms with Crippen LogP contribution in [0.25, 0.3) is 0 Å². The van der Waals surface area contributed by atoms with Gasteiger partial charge >= 0.3 is 5.91 Å². The van der Waals surface area contributed by atoms with Gasteiger partial charge in [0.2, 0.25) is 0 Å². The predicted molar refractivity (Wildman–Crippen MR) is 121 cm³/mol. The Hall–Kier alpha value is -4.07. The summed E-state index contributed by atoms with van der Waals surface area (Å²) in [6, 6.07) is 16.2. The Morgan fingerprint density at radius 3 is 2.62 bits per heavy atom. The van der Waals surface area contributed by atoms with Gasteiger partial charge in [0.05, 0.1) is 18.5 Å². The van der Waals surface area contributed by atoms with Gasteiger partial charge in [0.25, 0.3) is 5.91 Å². The van der Waals surface area contributed by atoms with Gasteiger partial charge in [0.15, 0.2) is 5.76 Å². The van der Waals surface area contributed by atoms with Crippen molar-refractivity contribution in [1.29, 1.82) is 0 Å². The van der Waals surface area contributed by atoms with Gasteiger partial charge in [-0.05, 0) is 50.1 Å². The van der Waals surface area contributed by atoms with E-state index in [9.17, 15) is 9.59 Å². The topological polar surface area (TPSA) is 105 Å². The normalized spacial score (nSPS) is 13.9. The first kappa shape index (κ1) is 21.2. The summed E-state index contributed by atoms with van der Waals surface area (Å²) in [5.41, 5.74) is 11.5. The van der Waals surface area contributed by atoms with E-state index in [1.807, 2.05) is 37.3 Å². The number of hydrogen-bond acceptors (Lipinski definition) is 6. The molecule has 2 aromatic carbocycles. The lowest BCUT2D eigenvalue weighted by Crippen LogP contribution is -2.29. The van der Waals surface area contributed by atoms with Gasteiger partial charge in [-0.1, -0.05) is 24.3 Å². The minimum atomic E-state index is -0.375. The number of amides is 2. The van der Waals surface area contributed by atoms with Crippen LogP contribution in [-0.2, 0) is 6.42 Å². The Morgan fingerprint density at radius 2 is 1.84 bits per heavy atom. The molecule has 2 amide bonds. The SMILES string of the molecule is COc1cccc(C(=O)N/N=C2\CCCc3oc(C(=O)NNc4ccccc4)c(C)c32)c1. The summed E-state index contributed by atoms with van der Waals surface area (Å²) in [6.07, 6.45) is 2.20. The average Bonchev–Trinajstić information content (AvgIpc) is 3.18. The summed E-state index contributed by atoms with van der Waals surface area (Å²) in [5, 5.41) is 4.35. The molecule has 1 aromatic heterocycles. The molecule has 32 heavy (non-hydrogen) atoms. The molecule has 3 N–H and O–H groups in total. The molecule has 0 fully saturated rings. The van der Waals surface area contributed by atoms with Gasteiger partial charge in [-0.15, -0.1) is 0 Å². The van der Waals surface area contributed by atoms with Gasteiger partial charge < -0.3 is 9.15 Å². The van der Waals surface area contributed by atoms with Crippen molar-refractivity contribution in [3.63, 3.8) is 0 Å². The van der Waals surface area contributed by atoms with Crippen molar-refractivity contribution in [3.05, 3.63) is 82.8 Å². The fourth-order valence-electron chi connectivity index (χ4n) is 3.65. The van der Waals surface area contributed by atoms with Crippen molar-refractivity contribution in [1.82, 2.24) is 10.9 Å². The second kappa shape index (κ2) is 9.38. The average molecular weight is 432 g/mol. The predicted octanol–water partition coefficient (Wildman–Crippen LogP) is 3.82. The third-order valence-electron chi connectivity index (χ3n) is 5.25. The summed E-state index contributed by atoms with van der Waals surface area (Å²) in [5.74, 6) is 0.811. The van der Waals surface area contributed by atoms with Crippen molar-refractivity contribution in [2.75, 3.05) is 12.5 Å². The second-order valence-corrected chi connectivity index (χ2v) is 7.38. The molecule has 0 bridgehead atoms. The molecule has 0 saturated heterocycles. The van der Waals surface area contributed by atoms with Gasteiger partial charge in [-0.3, -0.25) is 20.4 Å². The van der Waals surface area contributed by atoms with Crippen LogP contribution >= 0.6 is 0 Å². The van der Waals surface area contributed by atoms with Crippen LogP contribution in [0, 0.1) is 6.92 Å². The van der Waals surface area contributed by atoms with E-state index in [0.29, 0.717) is 41.2 Å². The number of hydrazine groups is 1. The van der Waals surface area contributed by atoms with Gasteiger partial charge in [-0.25, -0.2) is 5.43 Å². The number of benzene rings is 2. The molecule has 8 heteroatoms. The van der Waals surface area contributed by atoms with Crippen LogP contribution in [0.4, 0.5) is 5.69 Å². The number of aryl methyl sites for hydroxylation is 1. The van der Waals surface area contributed by atoms with Crippen LogP contribution in [0.3, 0.4) is 0 Å². The molecule has 0 saturated carbocycles. The van der Waals surface area contributed by atoms with Gasteiger partial charge in [-0.2, -0.15) is 5.10 Å². The summed E-state index contributed by atoms with van der Waals surface area (Å²) >= 11 is 0. The number of rotatable bonds is 6. The molecule has 1 aliphatic rings. The number of fused-ring (bicyclic) bond motifs is 1. The monoisotopic (exact) mass is 432 g/mol. The first-order valence-corrected chi connectivity index (χ1v) is 10.3. The van der Waals surface area contributed by atoms with E-state index < -0.39 is 0 Å². The van der Waals surface area contributed by atoms with Crippen molar-refractivity contribution in [2.45, 2.75) is 26.2 Å². The second-order valence-electron chi connectivity index (χ2n) is 7.38. The lowest BCUT2D eigenvalue weighted by Gasteiger charge is -2.13. The summed E-state index contributed by atoms with van der Waals surface area (Å²) in [4.78, 5) is 25.2. The van der Waals surface area contributed by atoms with E-state index in [1.165, 1.54) is 0 Å². The summed E-state index contributed by atoms with van der Waals surface area (Å²) < 4.78 is 11.0. The highest BCUT2D eigenvalue weighted by molar-refractivity contribution is 6.07. The quantitative estimate of drug-likeness (QED) is 0.514. The fraction of sp³-hybridized carbons (Fsp3) is 0.208.